The molecule has 17 heavy (non-hydrogen) atoms. The van der Waals surface area contributed by atoms with Crippen LogP contribution in [-0.4, -0.2) is 16.4 Å². The molecular formula is C13H15BrN2O. The highest BCUT2D eigenvalue weighted by atomic mass is 79.9. The second-order valence-electron chi connectivity index (χ2n) is 3.73. The van der Waals surface area contributed by atoms with E-state index in [1.165, 1.54) is 5.56 Å². The van der Waals surface area contributed by atoms with E-state index in [9.17, 15) is 0 Å². The zero-order valence-corrected chi connectivity index (χ0v) is 11.6. The minimum absolute atomic E-state index is 0.688. The number of halogens is 1. The van der Waals surface area contributed by atoms with Gasteiger partial charge in [-0.25, -0.2) is 4.68 Å². The Hall–Kier alpha value is -1.29. The van der Waals surface area contributed by atoms with Crippen LogP contribution in [0.1, 0.15) is 18.2 Å². The summed E-state index contributed by atoms with van der Waals surface area (Å²) in [6, 6.07) is 7.97. The van der Waals surface area contributed by atoms with Crippen LogP contribution < -0.4 is 4.74 Å². The topological polar surface area (TPSA) is 27.1 Å². The van der Waals surface area contributed by atoms with Gasteiger partial charge in [0, 0.05) is 16.6 Å². The first-order valence-corrected chi connectivity index (χ1v) is 6.71. The molecule has 0 aliphatic carbocycles. The van der Waals surface area contributed by atoms with Gasteiger partial charge in [-0.3, -0.25) is 0 Å². The minimum atomic E-state index is 0.688. The molecule has 0 bridgehead atoms. The van der Waals surface area contributed by atoms with Crippen molar-refractivity contribution in [2.75, 3.05) is 6.61 Å². The van der Waals surface area contributed by atoms with E-state index in [0.29, 0.717) is 6.61 Å². The molecule has 0 spiro atoms. The summed E-state index contributed by atoms with van der Waals surface area (Å²) < 4.78 is 7.35. The third-order valence-electron chi connectivity index (χ3n) is 2.65. The van der Waals surface area contributed by atoms with Crippen molar-refractivity contribution in [3.8, 4) is 11.4 Å². The van der Waals surface area contributed by atoms with E-state index in [1.54, 1.807) is 0 Å². The number of nitrogens with zero attached hydrogens (tertiary/aromatic N) is 2. The molecule has 0 aliphatic rings. The van der Waals surface area contributed by atoms with E-state index in [2.05, 4.69) is 28.0 Å². The molecule has 0 fully saturated rings. The summed E-state index contributed by atoms with van der Waals surface area (Å²) in [6.07, 6.45) is 1.89. The fraction of sp³-hybridized carbons (Fsp3) is 0.308. The molecule has 90 valence electrons. The van der Waals surface area contributed by atoms with Gasteiger partial charge in [-0.05, 0) is 38.1 Å². The van der Waals surface area contributed by atoms with Gasteiger partial charge in [-0.2, -0.15) is 5.10 Å². The normalized spacial score (nSPS) is 10.5. The van der Waals surface area contributed by atoms with Gasteiger partial charge in [0.05, 0.1) is 18.5 Å². The first kappa shape index (κ1) is 12.2. The van der Waals surface area contributed by atoms with Crippen molar-refractivity contribution < 1.29 is 4.74 Å². The van der Waals surface area contributed by atoms with Crippen LogP contribution >= 0.6 is 15.9 Å². The number of aromatic nitrogens is 2. The van der Waals surface area contributed by atoms with Gasteiger partial charge in [-0.15, -0.1) is 0 Å². The third kappa shape index (κ3) is 2.52. The summed E-state index contributed by atoms with van der Waals surface area (Å²) in [6.45, 7) is 4.74. The third-order valence-corrected chi connectivity index (χ3v) is 3.25. The largest absolute Gasteiger partial charge is 0.494 e. The number of ether oxygens (including phenoxy) is 1. The molecule has 0 amide bonds. The average molecular weight is 295 g/mol. The Kier molecular flexibility index (Phi) is 3.84. The lowest BCUT2D eigenvalue weighted by Gasteiger charge is -2.07. The Morgan fingerprint density at radius 1 is 1.29 bits per heavy atom. The maximum atomic E-state index is 5.42. The molecule has 0 N–H and O–H groups in total. The number of benzene rings is 1. The van der Waals surface area contributed by atoms with Crippen LogP contribution in [0.2, 0.25) is 0 Å². The average Bonchev–Trinajstić information content (AvgIpc) is 2.72. The fourth-order valence-electron chi connectivity index (χ4n) is 1.69. The lowest BCUT2D eigenvalue weighted by molar-refractivity contribution is 0.340. The van der Waals surface area contributed by atoms with Crippen molar-refractivity contribution in [2.24, 2.45) is 0 Å². The summed E-state index contributed by atoms with van der Waals surface area (Å²) in [5.41, 5.74) is 3.42. The lowest BCUT2D eigenvalue weighted by Crippen LogP contribution is -1.99. The van der Waals surface area contributed by atoms with Gasteiger partial charge in [0.15, 0.2) is 0 Å². The van der Waals surface area contributed by atoms with E-state index in [1.807, 2.05) is 42.1 Å². The molecule has 0 saturated carbocycles. The molecule has 2 rings (SSSR count). The second kappa shape index (κ2) is 5.36. The molecule has 1 aromatic carbocycles. The van der Waals surface area contributed by atoms with E-state index in [0.717, 1.165) is 22.5 Å². The van der Waals surface area contributed by atoms with Crippen LogP contribution in [-0.2, 0) is 5.33 Å². The van der Waals surface area contributed by atoms with Crippen molar-refractivity contribution in [1.82, 2.24) is 9.78 Å². The highest BCUT2D eigenvalue weighted by molar-refractivity contribution is 9.08. The monoisotopic (exact) mass is 294 g/mol. The molecule has 2 aromatic rings. The van der Waals surface area contributed by atoms with Gasteiger partial charge in [0.2, 0.25) is 0 Å². The van der Waals surface area contributed by atoms with Crippen LogP contribution in [0.3, 0.4) is 0 Å². The maximum absolute atomic E-state index is 5.42. The van der Waals surface area contributed by atoms with Crippen molar-refractivity contribution in [2.45, 2.75) is 19.2 Å². The van der Waals surface area contributed by atoms with Crippen molar-refractivity contribution >= 4 is 15.9 Å². The zero-order chi connectivity index (χ0) is 12.3. The molecule has 3 nitrogen and oxygen atoms in total. The molecule has 0 aliphatic heterocycles. The second-order valence-corrected chi connectivity index (χ2v) is 4.29. The summed E-state index contributed by atoms with van der Waals surface area (Å²) in [5.74, 6) is 0.891. The summed E-state index contributed by atoms with van der Waals surface area (Å²) in [7, 11) is 0. The molecule has 0 radical (unpaired) electrons. The Bertz CT molecular complexity index is 491. The summed E-state index contributed by atoms with van der Waals surface area (Å²) >= 11 is 3.45. The van der Waals surface area contributed by atoms with Gasteiger partial charge < -0.3 is 4.74 Å². The van der Waals surface area contributed by atoms with Crippen LogP contribution in [0.25, 0.3) is 5.69 Å². The number of alkyl halides is 1. The van der Waals surface area contributed by atoms with Crippen LogP contribution in [0, 0.1) is 6.92 Å². The smallest absolute Gasteiger partial charge is 0.119 e. The summed E-state index contributed by atoms with van der Waals surface area (Å²) in [4.78, 5) is 0. The quantitative estimate of drug-likeness (QED) is 0.808. The number of hydrogen-bond donors (Lipinski definition) is 0. The van der Waals surface area contributed by atoms with Gasteiger partial charge in [0.1, 0.15) is 5.75 Å². The Labute approximate surface area is 110 Å². The van der Waals surface area contributed by atoms with Crippen molar-refractivity contribution in [1.29, 1.82) is 0 Å². The first-order chi connectivity index (χ1) is 8.26. The molecular weight excluding hydrogens is 280 g/mol. The van der Waals surface area contributed by atoms with E-state index < -0.39 is 0 Å². The molecule has 0 atom stereocenters. The minimum Gasteiger partial charge on any atom is -0.494 e. The van der Waals surface area contributed by atoms with Crippen LogP contribution in [0.15, 0.2) is 30.5 Å². The molecule has 1 aromatic heterocycles. The predicted molar refractivity (Wildman–Crippen MR) is 72.1 cm³/mol. The van der Waals surface area contributed by atoms with Gasteiger partial charge >= 0.3 is 0 Å². The zero-order valence-electron chi connectivity index (χ0n) is 9.98. The number of rotatable bonds is 4. The van der Waals surface area contributed by atoms with E-state index in [4.69, 9.17) is 4.74 Å². The SMILES string of the molecule is CCOc1ccc(-n2ncc(CBr)c2C)cc1. The Balaban J connectivity index is 2.30. The summed E-state index contributed by atoms with van der Waals surface area (Å²) in [5, 5.41) is 5.21. The highest BCUT2D eigenvalue weighted by Gasteiger charge is 2.06. The van der Waals surface area contributed by atoms with Gasteiger partial charge in [0.25, 0.3) is 0 Å². The standard InChI is InChI=1S/C13H15BrN2O/c1-3-17-13-6-4-12(5-7-13)16-10(2)11(8-14)9-15-16/h4-7,9H,3,8H2,1-2H3. The maximum Gasteiger partial charge on any atom is 0.119 e. The molecule has 0 saturated heterocycles. The lowest BCUT2D eigenvalue weighted by atomic mass is 10.2. The number of hydrogen-bond acceptors (Lipinski definition) is 2. The molecule has 4 heteroatoms. The Morgan fingerprint density at radius 2 is 2.00 bits per heavy atom. The van der Waals surface area contributed by atoms with Crippen molar-refractivity contribution in [3.05, 3.63) is 41.7 Å². The highest BCUT2D eigenvalue weighted by Crippen LogP contribution is 2.19. The van der Waals surface area contributed by atoms with E-state index in [-0.39, 0.29) is 0 Å². The van der Waals surface area contributed by atoms with Crippen molar-refractivity contribution in [3.63, 3.8) is 0 Å². The molecule has 1 heterocycles. The van der Waals surface area contributed by atoms with Crippen LogP contribution in [0.5, 0.6) is 5.75 Å². The van der Waals surface area contributed by atoms with Gasteiger partial charge in [-0.1, -0.05) is 15.9 Å². The van der Waals surface area contributed by atoms with E-state index >= 15 is 0 Å². The predicted octanol–water partition coefficient (Wildman–Crippen LogP) is 3.47. The molecule has 0 unspecified atom stereocenters. The Morgan fingerprint density at radius 3 is 2.53 bits per heavy atom. The fourth-order valence-corrected chi connectivity index (χ4v) is 2.24. The van der Waals surface area contributed by atoms with Crippen LogP contribution in [0.4, 0.5) is 0 Å². The first-order valence-electron chi connectivity index (χ1n) is 5.59.